The second-order valence-electron chi connectivity index (χ2n) is 9.53. The number of amides is 2. The first-order valence-corrected chi connectivity index (χ1v) is 14.1. The molecule has 11 heteroatoms. The Morgan fingerprint density at radius 1 is 1.03 bits per heavy atom. The van der Waals surface area contributed by atoms with Crippen molar-refractivity contribution in [3.05, 3.63) is 95.3 Å². The molecule has 0 aliphatic carbocycles. The Labute approximate surface area is 224 Å². The minimum absolute atomic E-state index is 0.00806. The zero-order valence-corrected chi connectivity index (χ0v) is 22.1. The number of carbonyl (C=O) groups is 2. The lowest BCUT2D eigenvalue weighted by Crippen LogP contribution is -2.49. The molecule has 1 fully saturated rings. The molecule has 1 heterocycles. The van der Waals surface area contributed by atoms with Crippen LogP contribution in [0.4, 0.5) is 18.0 Å². The summed E-state index contributed by atoms with van der Waals surface area (Å²) in [6.07, 6.45) is 0.221. The smallest absolute Gasteiger partial charge is 0.411 e. The van der Waals surface area contributed by atoms with Crippen LogP contribution in [0.5, 0.6) is 0 Å². The number of hydrogen-bond donors (Lipinski definition) is 1. The van der Waals surface area contributed by atoms with Gasteiger partial charge in [0.25, 0.3) is 0 Å². The van der Waals surface area contributed by atoms with Crippen LogP contribution in [-0.4, -0.2) is 38.1 Å². The number of nitrogens with zero attached hydrogens (tertiary/aromatic N) is 1. The van der Waals surface area contributed by atoms with Gasteiger partial charge in [0.2, 0.25) is 15.9 Å². The van der Waals surface area contributed by atoms with Crippen molar-refractivity contribution >= 4 is 22.0 Å². The number of carbonyl (C=O) groups excluding carboxylic acids is 2. The van der Waals surface area contributed by atoms with Gasteiger partial charge in [-0.1, -0.05) is 36.4 Å². The van der Waals surface area contributed by atoms with E-state index in [-0.39, 0.29) is 31.4 Å². The van der Waals surface area contributed by atoms with Gasteiger partial charge < -0.3 is 9.64 Å². The maximum atomic E-state index is 14.2. The van der Waals surface area contributed by atoms with Crippen LogP contribution in [0.2, 0.25) is 0 Å². The summed E-state index contributed by atoms with van der Waals surface area (Å²) in [5.41, 5.74) is 0.770. The Bertz CT molecular complexity index is 1480. The van der Waals surface area contributed by atoms with Gasteiger partial charge in [-0.3, -0.25) is 9.52 Å². The summed E-state index contributed by atoms with van der Waals surface area (Å²) in [6.45, 7) is 2.04. The van der Waals surface area contributed by atoms with Gasteiger partial charge in [0.1, 0.15) is 23.1 Å². The Morgan fingerprint density at radius 3 is 2.26 bits per heavy atom. The molecule has 3 aromatic rings. The third-order valence-corrected chi connectivity index (χ3v) is 7.40. The first-order valence-electron chi connectivity index (χ1n) is 12.2. The first-order chi connectivity index (χ1) is 18.4. The van der Waals surface area contributed by atoms with Gasteiger partial charge in [0.15, 0.2) is 0 Å². The summed E-state index contributed by atoms with van der Waals surface area (Å²) in [5.74, 6) is -2.58. The molecule has 7 nitrogen and oxygen atoms in total. The van der Waals surface area contributed by atoms with Crippen molar-refractivity contribution in [1.29, 1.82) is 0 Å². The maximum absolute atomic E-state index is 14.2. The van der Waals surface area contributed by atoms with E-state index in [1.54, 1.807) is 31.2 Å². The highest BCUT2D eigenvalue weighted by molar-refractivity contribution is 7.89. The molecule has 2 atom stereocenters. The molecule has 3 aromatic carbocycles. The normalized spacial score (nSPS) is 18.4. The molecule has 1 saturated heterocycles. The number of sulfonamides is 1. The van der Waals surface area contributed by atoms with Crippen molar-refractivity contribution in [3.8, 4) is 11.1 Å². The minimum Gasteiger partial charge on any atom is -0.438 e. The molecule has 1 aliphatic heterocycles. The Hall–Kier alpha value is -3.86. The summed E-state index contributed by atoms with van der Waals surface area (Å²) in [5, 5.41) is 0. The molecule has 0 saturated carbocycles. The van der Waals surface area contributed by atoms with Crippen molar-refractivity contribution in [3.63, 3.8) is 0 Å². The van der Waals surface area contributed by atoms with Crippen molar-refractivity contribution in [2.75, 3.05) is 12.8 Å². The molecular formula is C28H27F3N2O5S. The Kier molecular flexibility index (Phi) is 8.01. The number of benzene rings is 3. The van der Waals surface area contributed by atoms with Crippen LogP contribution >= 0.6 is 0 Å². The lowest BCUT2D eigenvalue weighted by atomic mass is 9.84. The summed E-state index contributed by atoms with van der Waals surface area (Å²) in [6, 6.07) is 15.2. The van der Waals surface area contributed by atoms with Crippen LogP contribution in [0.25, 0.3) is 11.1 Å². The zero-order chi connectivity index (χ0) is 28.4. The summed E-state index contributed by atoms with van der Waals surface area (Å²) in [7, 11) is -3.76. The predicted octanol–water partition coefficient (Wildman–Crippen LogP) is 5.43. The van der Waals surface area contributed by atoms with E-state index < -0.39 is 51.1 Å². The topological polar surface area (TPSA) is 92.8 Å². The van der Waals surface area contributed by atoms with Crippen LogP contribution in [-0.2, 0) is 25.2 Å². The average Bonchev–Trinajstić information content (AvgIpc) is 2.87. The largest absolute Gasteiger partial charge is 0.438 e. The van der Waals surface area contributed by atoms with Crippen LogP contribution < -0.4 is 4.72 Å². The van der Waals surface area contributed by atoms with Gasteiger partial charge in [-0.25, -0.2) is 26.4 Å². The molecule has 39 heavy (non-hydrogen) atoms. The zero-order valence-electron chi connectivity index (χ0n) is 21.3. The van der Waals surface area contributed by atoms with E-state index in [1.807, 2.05) is 4.72 Å². The van der Waals surface area contributed by atoms with Crippen molar-refractivity contribution in [2.24, 2.45) is 0 Å². The van der Waals surface area contributed by atoms with E-state index in [0.717, 1.165) is 17.9 Å². The number of rotatable bonds is 8. The first kappa shape index (κ1) is 28.2. The number of cyclic esters (lactones) is 1. The van der Waals surface area contributed by atoms with E-state index in [9.17, 15) is 31.2 Å². The molecule has 0 spiro atoms. The molecule has 1 aliphatic rings. The molecule has 2 unspecified atom stereocenters. The van der Waals surface area contributed by atoms with Crippen molar-refractivity contribution < 1.29 is 35.9 Å². The predicted molar refractivity (Wildman–Crippen MR) is 138 cm³/mol. The highest BCUT2D eigenvalue weighted by atomic mass is 32.2. The number of halogens is 3. The average molecular weight is 561 g/mol. The summed E-state index contributed by atoms with van der Waals surface area (Å²) >= 11 is 0. The van der Waals surface area contributed by atoms with Gasteiger partial charge in [-0.15, -0.1) is 0 Å². The van der Waals surface area contributed by atoms with Crippen LogP contribution in [0.15, 0.2) is 66.7 Å². The second-order valence-corrected chi connectivity index (χ2v) is 11.3. The minimum atomic E-state index is -3.76. The number of ether oxygens (including phenoxy) is 1. The lowest BCUT2D eigenvalue weighted by molar-refractivity contribution is -0.122. The van der Waals surface area contributed by atoms with Crippen LogP contribution in [0, 0.1) is 17.5 Å². The fourth-order valence-electron chi connectivity index (χ4n) is 4.72. The molecule has 0 radical (unpaired) electrons. The third-order valence-electron chi connectivity index (χ3n) is 6.80. The van der Waals surface area contributed by atoms with Crippen LogP contribution in [0.1, 0.15) is 43.4 Å². The number of nitrogens with one attached hydrogen (secondary N) is 1. The molecule has 4 rings (SSSR count). The second kappa shape index (κ2) is 11.1. The molecule has 0 aromatic heterocycles. The van der Waals surface area contributed by atoms with Crippen molar-refractivity contribution in [2.45, 2.75) is 37.8 Å². The van der Waals surface area contributed by atoms with E-state index in [4.69, 9.17) is 4.74 Å². The summed E-state index contributed by atoms with van der Waals surface area (Å²) < 4.78 is 71.7. The maximum Gasteiger partial charge on any atom is 0.411 e. The number of hydrogen-bond acceptors (Lipinski definition) is 5. The third kappa shape index (κ3) is 6.59. The SMILES string of the molecule is CC(c1ccc(-c2ccc(F)cc2F)cc1)N1CCC(CCC(=O)NS(C)(=O)=O)(c2ccc(F)cc2)OC1=O. The fourth-order valence-corrected chi connectivity index (χ4v) is 5.23. The fraction of sp³-hybridized carbons (Fsp3) is 0.286. The summed E-state index contributed by atoms with van der Waals surface area (Å²) in [4.78, 5) is 26.9. The van der Waals surface area contributed by atoms with E-state index in [0.29, 0.717) is 11.1 Å². The molecule has 2 amide bonds. The van der Waals surface area contributed by atoms with Gasteiger partial charge >= 0.3 is 6.09 Å². The molecular weight excluding hydrogens is 533 g/mol. The molecule has 206 valence electrons. The molecule has 0 bridgehead atoms. The van der Waals surface area contributed by atoms with Crippen LogP contribution in [0.3, 0.4) is 0 Å². The monoisotopic (exact) mass is 560 g/mol. The van der Waals surface area contributed by atoms with Gasteiger partial charge in [-0.2, -0.15) is 0 Å². The Morgan fingerprint density at radius 2 is 1.67 bits per heavy atom. The highest BCUT2D eigenvalue weighted by Crippen LogP contribution is 2.40. The standard InChI is InChI=1S/C28H27F3N2O5S/c1-18(19-3-5-20(6-4-19)24-12-11-23(30)17-25(24)31)33-16-15-28(38-27(33)35,21-7-9-22(29)10-8-21)14-13-26(34)32-39(2,36)37/h3-12,17-18H,13-16H2,1-2H3,(H,32,34). The molecule has 1 N–H and O–H groups in total. The van der Waals surface area contributed by atoms with E-state index >= 15 is 0 Å². The lowest BCUT2D eigenvalue weighted by Gasteiger charge is -2.43. The van der Waals surface area contributed by atoms with Gasteiger partial charge in [-0.05, 0) is 47.9 Å². The quantitative estimate of drug-likeness (QED) is 0.397. The van der Waals surface area contributed by atoms with Gasteiger partial charge in [0, 0.05) is 37.4 Å². The van der Waals surface area contributed by atoms with Crippen molar-refractivity contribution in [1.82, 2.24) is 9.62 Å². The van der Waals surface area contributed by atoms with Gasteiger partial charge in [0.05, 0.1) is 12.3 Å². The Balaban J connectivity index is 1.52. The van der Waals surface area contributed by atoms with E-state index in [1.165, 1.54) is 41.3 Å². The highest BCUT2D eigenvalue weighted by Gasteiger charge is 2.43. The van der Waals surface area contributed by atoms with E-state index in [2.05, 4.69) is 0 Å².